The average molecular weight is 401 g/mol. The molecule has 8 nitrogen and oxygen atoms in total. The van der Waals surface area contributed by atoms with Crippen molar-refractivity contribution in [1.29, 1.82) is 0 Å². The smallest absolute Gasteiger partial charge is 0.352 e. The zero-order valence-corrected chi connectivity index (χ0v) is 14.6. The van der Waals surface area contributed by atoms with Crippen LogP contribution >= 0.6 is 27.7 Å². The van der Waals surface area contributed by atoms with Crippen molar-refractivity contribution in [3.8, 4) is 0 Å². The van der Waals surface area contributed by atoms with Gasteiger partial charge in [0.2, 0.25) is 0 Å². The average Bonchev–Trinajstić information content (AvgIpc) is 2.83. The van der Waals surface area contributed by atoms with Crippen LogP contribution in [0.2, 0.25) is 0 Å². The number of carboxylic acids is 1. The Morgan fingerprint density at radius 3 is 2.78 bits per heavy atom. The number of amides is 2. The number of thioether (sulfide) groups is 1. The number of carbonyl (C=O) groups is 3. The van der Waals surface area contributed by atoms with Gasteiger partial charge in [-0.25, -0.2) is 4.79 Å². The largest absolute Gasteiger partial charge is 0.477 e. The summed E-state index contributed by atoms with van der Waals surface area (Å²) < 4.78 is 1.93. The van der Waals surface area contributed by atoms with E-state index in [1.165, 1.54) is 27.5 Å². The number of nitrogens with zero attached hydrogens (tertiary/aromatic N) is 3. The zero-order valence-electron chi connectivity index (χ0n) is 12.2. The number of hydrogen-bond acceptors (Lipinski definition) is 5. The fourth-order valence-corrected chi connectivity index (χ4v) is 4.47. The molecule has 10 heteroatoms. The van der Waals surface area contributed by atoms with E-state index < -0.39 is 29.2 Å². The van der Waals surface area contributed by atoms with Crippen LogP contribution in [0.1, 0.15) is 17.4 Å². The molecule has 0 unspecified atom stereocenters. The maximum absolute atomic E-state index is 12.3. The number of nitrogens with one attached hydrogen (secondary N) is 1. The summed E-state index contributed by atoms with van der Waals surface area (Å²) in [5.41, 5.74) is 0.972. The van der Waals surface area contributed by atoms with E-state index in [0.29, 0.717) is 21.5 Å². The van der Waals surface area contributed by atoms with Gasteiger partial charge < -0.3 is 10.4 Å². The van der Waals surface area contributed by atoms with Gasteiger partial charge in [-0.2, -0.15) is 5.10 Å². The standard InChI is InChI=1S/C13H13BrN4O4S/c1-5-4-23-12-7(11(20)18(12)8(5)13(21)22)16-10(19)9-6(14)3-15-17(9)2/h3,7,12H,4H2,1-2H3,(H,16,19)(H,21,22)/t7-,12-/m0/s1. The fourth-order valence-electron chi connectivity index (χ4n) is 2.65. The normalized spacial score (nSPS) is 23.4. The van der Waals surface area contributed by atoms with Crippen LogP contribution in [0.15, 0.2) is 21.9 Å². The molecule has 2 aliphatic heterocycles. The number of aromatic nitrogens is 2. The topological polar surface area (TPSA) is 105 Å². The summed E-state index contributed by atoms with van der Waals surface area (Å²) in [7, 11) is 1.62. The molecule has 1 aromatic heterocycles. The van der Waals surface area contributed by atoms with E-state index in [1.54, 1.807) is 14.0 Å². The molecule has 0 spiro atoms. The van der Waals surface area contributed by atoms with E-state index in [-0.39, 0.29) is 5.70 Å². The minimum absolute atomic E-state index is 0.0194. The number of halogens is 1. The van der Waals surface area contributed by atoms with E-state index in [4.69, 9.17) is 0 Å². The van der Waals surface area contributed by atoms with Crippen molar-refractivity contribution in [1.82, 2.24) is 20.0 Å². The van der Waals surface area contributed by atoms with E-state index in [0.717, 1.165) is 0 Å². The monoisotopic (exact) mass is 400 g/mol. The second kappa shape index (κ2) is 5.68. The molecule has 0 saturated carbocycles. The Bertz CT molecular complexity index is 740. The van der Waals surface area contributed by atoms with Gasteiger partial charge in [-0.15, -0.1) is 11.8 Å². The lowest BCUT2D eigenvalue weighted by molar-refractivity contribution is -0.148. The van der Waals surface area contributed by atoms with Crippen LogP contribution in [0.5, 0.6) is 0 Å². The van der Waals surface area contributed by atoms with Gasteiger partial charge in [0.1, 0.15) is 22.8 Å². The molecule has 1 aromatic rings. The third-order valence-electron chi connectivity index (χ3n) is 3.76. The van der Waals surface area contributed by atoms with Gasteiger partial charge in [-0.05, 0) is 28.4 Å². The summed E-state index contributed by atoms with van der Waals surface area (Å²) in [6, 6.07) is -0.739. The van der Waals surface area contributed by atoms with Gasteiger partial charge in [0.05, 0.1) is 10.7 Å². The Kier molecular flexibility index (Phi) is 3.96. The summed E-state index contributed by atoms with van der Waals surface area (Å²) >= 11 is 4.67. The van der Waals surface area contributed by atoms with Gasteiger partial charge in [0.25, 0.3) is 11.8 Å². The fraction of sp³-hybridized carbons (Fsp3) is 0.385. The highest BCUT2D eigenvalue weighted by molar-refractivity contribution is 9.10. The quantitative estimate of drug-likeness (QED) is 0.718. The number of carboxylic acid groups (broad SMARTS) is 1. The van der Waals surface area contributed by atoms with Crippen molar-refractivity contribution in [2.75, 3.05) is 5.75 Å². The molecule has 1 fully saturated rings. The summed E-state index contributed by atoms with van der Waals surface area (Å²) in [4.78, 5) is 37.2. The van der Waals surface area contributed by atoms with E-state index in [9.17, 15) is 19.5 Å². The molecule has 2 aliphatic rings. The minimum Gasteiger partial charge on any atom is -0.477 e. The van der Waals surface area contributed by atoms with E-state index >= 15 is 0 Å². The summed E-state index contributed by atoms with van der Waals surface area (Å²) in [6.45, 7) is 1.69. The van der Waals surface area contributed by atoms with Crippen LogP contribution in [0.3, 0.4) is 0 Å². The van der Waals surface area contributed by atoms with E-state index in [2.05, 4.69) is 26.3 Å². The molecule has 0 aliphatic carbocycles. The van der Waals surface area contributed by atoms with Gasteiger partial charge >= 0.3 is 5.97 Å². The molecule has 2 amide bonds. The number of rotatable bonds is 3. The van der Waals surface area contributed by atoms with Gasteiger partial charge in [-0.3, -0.25) is 19.2 Å². The summed E-state index contributed by atoms with van der Waals surface area (Å²) in [6.07, 6.45) is 1.49. The highest BCUT2D eigenvalue weighted by Gasteiger charge is 2.53. The molecule has 1 saturated heterocycles. The van der Waals surface area contributed by atoms with Crippen LogP contribution < -0.4 is 5.32 Å². The summed E-state index contributed by atoms with van der Waals surface area (Å²) in [5.74, 6) is -1.46. The Labute approximate surface area is 144 Å². The first-order valence-electron chi connectivity index (χ1n) is 6.69. The molecule has 3 heterocycles. The lowest BCUT2D eigenvalue weighted by Crippen LogP contribution is -2.70. The molecule has 0 aromatic carbocycles. The Hall–Kier alpha value is -1.81. The molecule has 3 rings (SSSR count). The Balaban J connectivity index is 1.79. The third kappa shape index (κ3) is 2.45. The highest BCUT2D eigenvalue weighted by atomic mass is 79.9. The van der Waals surface area contributed by atoms with Gasteiger partial charge in [0, 0.05) is 12.8 Å². The molecule has 122 valence electrons. The van der Waals surface area contributed by atoms with E-state index in [1.807, 2.05) is 0 Å². The van der Waals surface area contributed by atoms with Crippen LogP contribution in [0.4, 0.5) is 0 Å². The second-order valence-electron chi connectivity index (χ2n) is 5.26. The maximum Gasteiger partial charge on any atom is 0.352 e. The van der Waals surface area contributed by atoms with Crippen LogP contribution in [-0.4, -0.2) is 54.7 Å². The van der Waals surface area contributed by atoms with Crippen molar-refractivity contribution in [3.63, 3.8) is 0 Å². The number of carbonyl (C=O) groups excluding carboxylic acids is 2. The van der Waals surface area contributed by atoms with Gasteiger partial charge in [0.15, 0.2) is 0 Å². The molecule has 2 atom stereocenters. The third-order valence-corrected chi connectivity index (χ3v) is 5.76. The first kappa shape index (κ1) is 16.1. The Morgan fingerprint density at radius 2 is 2.22 bits per heavy atom. The van der Waals surface area contributed by atoms with Crippen molar-refractivity contribution in [2.45, 2.75) is 18.3 Å². The zero-order chi connectivity index (χ0) is 16.9. The first-order valence-corrected chi connectivity index (χ1v) is 8.53. The Morgan fingerprint density at radius 1 is 1.52 bits per heavy atom. The van der Waals surface area contributed by atoms with Crippen LogP contribution in [-0.2, 0) is 16.6 Å². The molecule has 0 radical (unpaired) electrons. The van der Waals surface area contributed by atoms with Crippen molar-refractivity contribution in [2.24, 2.45) is 7.05 Å². The van der Waals surface area contributed by atoms with Crippen molar-refractivity contribution < 1.29 is 19.5 Å². The van der Waals surface area contributed by atoms with Gasteiger partial charge in [-0.1, -0.05) is 0 Å². The molecular weight excluding hydrogens is 388 g/mol. The van der Waals surface area contributed by atoms with Crippen LogP contribution in [0, 0.1) is 0 Å². The van der Waals surface area contributed by atoms with Crippen LogP contribution in [0.25, 0.3) is 0 Å². The lowest BCUT2D eigenvalue weighted by atomic mass is 10.0. The SMILES string of the molecule is CC1=C(C(=O)O)N2C(=O)[C@H](NC(=O)c3c(Br)cnn3C)[C@@H]2SC1. The number of hydrogen-bond donors (Lipinski definition) is 2. The predicted octanol–water partition coefficient (Wildman–Crippen LogP) is 0.555. The summed E-state index contributed by atoms with van der Waals surface area (Å²) in [5, 5.41) is 15.5. The highest BCUT2D eigenvalue weighted by Crippen LogP contribution is 2.40. The number of fused-ring (bicyclic) bond motifs is 1. The molecule has 23 heavy (non-hydrogen) atoms. The molecule has 0 bridgehead atoms. The van der Waals surface area contributed by atoms with Crippen molar-refractivity contribution in [3.05, 3.63) is 27.6 Å². The maximum atomic E-state index is 12.3. The second-order valence-corrected chi connectivity index (χ2v) is 7.22. The predicted molar refractivity (Wildman–Crippen MR) is 85.6 cm³/mol. The number of β-lactam (4-membered cyclic amide) rings is 1. The molecular formula is C13H13BrN4O4S. The number of aryl methyl sites for hydroxylation is 1. The number of aliphatic carboxylic acids is 1. The van der Waals surface area contributed by atoms with Crippen molar-refractivity contribution >= 4 is 45.5 Å². The molecule has 2 N–H and O–H groups in total. The first-order chi connectivity index (χ1) is 10.8. The lowest BCUT2D eigenvalue weighted by Gasteiger charge is -2.49. The minimum atomic E-state index is -1.12.